The van der Waals surface area contributed by atoms with Crippen LogP contribution in [0.25, 0.3) is 0 Å². The van der Waals surface area contributed by atoms with Crippen molar-refractivity contribution in [3.63, 3.8) is 0 Å². The van der Waals surface area contributed by atoms with Crippen molar-refractivity contribution in [1.82, 2.24) is 0 Å². The molecule has 0 radical (unpaired) electrons. The van der Waals surface area contributed by atoms with Crippen LogP contribution in [0.15, 0.2) is 36.4 Å². The first-order valence-electron chi connectivity index (χ1n) is 10.3. The van der Waals surface area contributed by atoms with Gasteiger partial charge >= 0.3 is 0 Å². The normalized spacial score (nSPS) is 16.5. The highest BCUT2D eigenvalue weighted by molar-refractivity contribution is 5.94. The minimum atomic E-state index is -0.185. The number of para-hydroxylation sites is 2. The molecule has 1 unspecified atom stereocenters. The second-order valence-electron chi connectivity index (χ2n) is 7.18. The maximum Gasteiger partial charge on any atom is 0.282 e. The maximum atomic E-state index is 12.9. The van der Waals surface area contributed by atoms with Crippen molar-refractivity contribution >= 4 is 11.6 Å². The molecule has 1 heterocycles. The predicted octanol–water partition coefficient (Wildman–Crippen LogP) is 2.46. The van der Waals surface area contributed by atoms with Crippen LogP contribution in [0.1, 0.15) is 31.9 Å². The van der Waals surface area contributed by atoms with Crippen LogP contribution in [0.2, 0.25) is 0 Å². The Morgan fingerprint density at radius 1 is 1.07 bits per heavy atom. The highest BCUT2D eigenvalue weighted by Crippen LogP contribution is 2.32. The van der Waals surface area contributed by atoms with E-state index in [1.807, 2.05) is 45.0 Å². The van der Waals surface area contributed by atoms with Gasteiger partial charge in [0.2, 0.25) is 0 Å². The molecule has 2 aromatic rings. The SMILES string of the molecule is CCOc1cc2c(cc1OCC)C[NH+]([C@H](C)C(=O)Nc1ccccc1OC)CC2. The highest BCUT2D eigenvalue weighted by Gasteiger charge is 2.30. The Morgan fingerprint density at radius 2 is 1.72 bits per heavy atom. The number of anilines is 1. The van der Waals surface area contributed by atoms with Gasteiger partial charge in [-0.3, -0.25) is 4.79 Å². The minimum absolute atomic E-state index is 0.0103. The molecule has 2 N–H and O–H groups in total. The molecule has 6 heteroatoms. The molecule has 3 rings (SSSR count). The summed E-state index contributed by atoms with van der Waals surface area (Å²) in [6, 6.07) is 11.5. The summed E-state index contributed by atoms with van der Waals surface area (Å²) >= 11 is 0. The summed E-state index contributed by atoms with van der Waals surface area (Å²) in [7, 11) is 1.60. The molecular formula is C23H31N2O4+. The van der Waals surface area contributed by atoms with Crippen molar-refractivity contribution in [2.45, 2.75) is 39.8 Å². The number of methoxy groups -OCH3 is 1. The number of nitrogens with one attached hydrogen (secondary N) is 2. The topological polar surface area (TPSA) is 61.2 Å². The van der Waals surface area contributed by atoms with Crippen LogP contribution in [0, 0.1) is 0 Å². The molecule has 2 atom stereocenters. The molecule has 0 bridgehead atoms. The van der Waals surface area contributed by atoms with Gasteiger partial charge in [0.25, 0.3) is 5.91 Å². The summed E-state index contributed by atoms with van der Waals surface area (Å²) in [5.74, 6) is 2.24. The van der Waals surface area contributed by atoms with Gasteiger partial charge < -0.3 is 24.4 Å². The monoisotopic (exact) mass is 399 g/mol. The van der Waals surface area contributed by atoms with Gasteiger partial charge in [-0.1, -0.05) is 12.1 Å². The van der Waals surface area contributed by atoms with E-state index in [1.54, 1.807) is 7.11 Å². The number of amides is 1. The van der Waals surface area contributed by atoms with Gasteiger partial charge in [0.15, 0.2) is 17.5 Å². The van der Waals surface area contributed by atoms with E-state index in [0.29, 0.717) is 24.7 Å². The van der Waals surface area contributed by atoms with E-state index in [2.05, 4.69) is 17.4 Å². The van der Waals surface area contributed by atoms with E-state index >= 15 is 0 Å². The van der Waals surface area contributed by atoms with Crippen LogP contribution < -0.4 is 24.4 Å². The lowest BCUT2D eigenvalue weighted by molar-refractivity contribution is -0.929. The third kappa shape index (κ3) is 4.82. The molecule has 0 aromatic heterocycles. The molecule has 2 aromatic carbocycles. The second-order valence-corrected chi connectivity index (χ2v) is 7.18. The number of quaternary nitrogens is 1. The van der Waals surface area contributed by atoms with Crippen LogP contribution in [0.4, 0.5) is 5.69 Å². The Kier molecular flexibility index (Phi) is 6.99. The zero-order chi connectivity index (χ0) is 20.8. The summed E-state index contributed by atoms with van der Waals surface area (Å²) in [5, 5.41) is 3.01. The van der Waals surface area contributed by atoms with Gasteiger partial charge in [-0.2, -0.15) is 0 Å². The fourth-order valence-corrected chi connectivity index (χ4v) is 3.75. The zero-order valence-corrected chi connectivity index (χ0v) is 17.7. The summed E-state index contributed by atoms with van der Waals surface area (Å²) in [5.41, 5.74) is 3.19. The number of hydrogen-bond acceptors (Lipinski definition) is 4. The molecule has 0 fully saturated rings. The second kappa shape index (κ2) is 9.65. The Morgan fingerprint density at radius 3 is 2.38 bits per heavy atom. The van der Waals surface area contributed by atoms with Crippen molar-refractivity contribution in [3.05, 3.63) is 47.5 Å². The first-order chi connectivity index (χ1) is 14.1. The summed E-state index contributed by atoms with van der Waals surface area (Å²) < 4.78 is 16.9. The molecule has 1 amide bonds. The van der Waals surface area contributed by atoms with Gasteiger partial charge in [0.1, 0.15) is 12.3 Å². The lowest BCUT2D eigenvalue weighted by Gasteiger charge is -2.30. The fourth-order valence-electron chi connectivity index (χ4n) is 3.75. The van der Waals surface area contributed by atoms with Gasteiger partial charge in [0, 0.05) is 12.0 Å². The van der Waals surface area contributed by atoms with E-state index in [4.69, 9.17) is 14.2 Å². The van der Waals surface area contributed by atoms with Crippen LogP contribution >= 0.6 is 0 Å². The van der Waals surface area contributed by atoms with Gasteiger partial charge in [0.05, 0.1) is 32.6 Å². The van der Waals surface area contributed by atoms with E-state index < -0.39 is 0 Å². The highest BCUT2D eigenvalue weighted by atomic mass is 16.5. The molecule has 0 saturated carbocycles. The molecule has 6 nitrogen and oxygen atoms in total. The number of hydrogen-bond donors (Lipinski definition) is 2. The fraction of sp³-hybridized carbons (Fsp3) is 0.435. The molecule has 1 aliphatic rings. The number of ether oxygens (including phenoxy) is 3. The predicted molar refractivity (Wildman–Crippen MR) is 113 cm³/mol. The summed E-state index contributed by atoms with van der Waals surface area (Å²) in [6.07, 6.45) is 0.906. The Balaban J connectivity index is 1.73. The molecule has 156 valence electrons. The summed E-state index contributed by atoms with van der Waals surface area (Å²) in [6.45, 7) is 8.79. The lowest BCUT2D eigenvalue weighted by Crippen LogP contribution is -3.16. The Hall–Kier alpha value is -2.73. The third-order valence-electron chi connectivity index (χ3n) is 5.37. The van der Waals surface area contributed by atoms with Gasteiger partial charge in [-0.25, -0.2) is 0 Å². The maximum absolute atomic E-state index is 12.9. The average Bonchev–Trinajstić information content (AvgIpc) is 2.74. The number of carbonyl (C=O) groups is 1. The number of rotatable bonds is 8. The smallest absolute Gasteiger partial charge is 0.282 e. The van der Waals surface area contributed by atoms with Crippen molar-refractivity contribution in [3.8, 4) is 17.2 Å². The third-order valence-corrected chi connectivity index (χ3v) is 5.37. The van der Waals surface area contributed by atoms with Crippen molar-refractivity contribution < 1.29 is 23.9 Å². The Labute approximate surface area is 172 Å². The van der Waals surface area contributed by atoms with Crippen molar-refractivity contribution in [2.24, 2.45) is 0 Å². The van der Waals surface area contributed by atoms with Crippen LogP contribution in [-0.4, -0.2) is 38.8 Å². The quantitative estimate of drug-likeness (QED) is 0.716. The van der Waals surface area contributed by atoms with Crippen molar-refractivity contribution in [1.29, 1.82) is 0 Å². The van der Waals surface area contributed by atoms with E-state index in [-0.39, 0.29) is 11.9 Å². The van der Waals surface area contributed by atoms with Crippen molar-refractivity contribution in [2.75, 3.05) is 32.2 Å². The number of carbonyl (C=O) groups excluding carboxylic acids is 1. The van der Waals surface area contributed by atoms with E-state index in [0.717, 1.165) is 31.0 Å². The standard InChI is InChI=1S/C23H30N2O4/c1-5-28-21-13-17-11-12-25(15-18(17)14-22(21)29-6-2)16(3)23(26)24-19-9-7-8-10-20(19)27-4/h7-10,13-14,16H,5-6,11-12,15H2,1-4H3,(H,24,26)/p+1/t16-/m1/s1. The zero-order valence-electron chi connectivity index (χ0n) is 17.7. The van der Waals surface area contributed by atoms with Crippen LogP contribution in [0.5, 0.6) is 17.2 Å². The molecular weight excluding hydrogens is 368 g/mol. The summed E-state index contributed by atoms with van der Waals surface area (Å²) in [4.78, 5) is 14.1. The first-order valence-corrected chi connectivity index (χ1v) is 10.3. The Bertz CT molecular complexity index is 853. The first kappa shape index (κ1) is 21.0. The number of benzene rings is 2. The molecule has 0 spiro atoms. The average molecular weight is 400 g/mol. The lowest BCUT2D eigenvalue weighted by atomic mass is 9.97. The minimum Gasteiger partial charge on any atom is -0.495 e. The van der Waals surface area contributed by atoms with E-state index in [9.17, 15) is 4.79 Å². The molecule has 0 saturated heterocycles. The largest absolute Gasteiger partial charge is 0.495 e. The van der Waals surface area contributed by atoms with Crippen LogP contribution in [0.3, 0.4) is 0 Å². The number of fused-ring (bicyclic) bond motifs is 1. The van der Waals surface area contributed by atoms with E-state index in [1.165, 1.54) is 16.0 Å². The molecule has 0 aliphatic carbocycles. The van der Waals surface area contributed by atoms with Gasteiger partial charge in [-0.15, -0.1) is 0 Å². The van der Waals surface area contributed by atoms with Gasteiger partial charge in [-0.05, 0) is 50.6 Å². The molecule has 1 aliphatic heterocycles. The van der Waals surface area contributed by atoms with Crippen LogP contribution in [-0.2, 0) is 17.8 Å². The molecule has 29 heavy (non-hydrogen) atoms.